The van der Waals surface area contributed by atoms with Gasteiger partial charge in [-0.1, -0.05) is 0 Å². The number of likely N-dealkylation sites (N-methyl/N-ethyl adjacent to an activating group) is 1. The molecule has 1 aliphatic carbocycles. The Hall–Kier alpha value is -0.890. The Morgan fingerprint density at radius 2 is 2.20 bits per heavy atom. The van der Waals surface area contributed by atoms with Crippen molar-refractivity contribution in [1.82, 2.24) is 9.62 Å². The molecule has 1 fully saturated rings. The lowest BCUT2D eigenvalue weighted by molar-refractivity contribution is 0.148. The molecule has 1 heterocycles. The van der Waals surface area contributed by atoms with Crippen LogP contribution in [0.4, 0.5) is 0 Å². The van der Waals surface area contributed by atoms with Crippen LogP contribution in [-0.4, -0.2) is 45.6 Å². The number of rotatable bonds is 8. The molecule has 114 valence electrons. The maximum Gasteiger partial charge on any atom is 0.276 e. The van der Waals surface area contributed by atoms with Crippen LogP contribution >= 0.6 is 0 Å². The van der Waals surface area contributed by atoms with Crippen molar-refractivity contribution in [2.75, 3.05) is 20.8 Å². The molecule has 6 nitrogen and oxygen atoms in total. The second kappa shape index (κ2) is 6.26. The first-order valence-corrected chi connectivity index (χ1v) is 8.18. The van der Waals surface area contributed by atoms with Crippen LogP contribution in [0.5, 0.6) is 0 Å². The molecule has 1 saturated carbocycles. The van der Waals surface area contributed by atoms with Gasteiger partial charge >= 0.3 is 0 Å². The first-order chi connectivity index (χ1) is 9.45. The van der Waals surface area contributed by atoms with E-state index in [0.29, 0.717) is 25.0 Å². The molecule has 1 aliphatic rings. The summed E-state index contributed by atoms with van der Waals surface area (Å²) in [4.78, 5) is 0. The van der Waals surface area contributed by atoms with Crippen LogP contribution in [0.2, 0.25) is 0 Å². The summed E-state index contributed by atoms with van der Waals surface area (Å²) in [5.74, 6) is 0.642. The lowest BCUT2D eigenvalue weighted by Gasteiger charge is -2.22. The zero-order valence-electron chi connectivity index (χ0n) is 12.1. The molecule has 2 rings (SSSR count). The number of furan rings is 1. The molecule has 1 aromatic rings. The van der Waals surface area contributed by atoms with Crippen molar-refractivity contribution in [3.63, 3.8) is 0 Å². The van der Waals surface area contributed by atoms with E-state index in [1.54, 1.807) is 20.1 Å². The third-order valence-electron chi connectivity index (χ3n) is 3.44. The van der Waals surface area contributed by atoms with Crippen molar-refractivity contribution in [3.8, 4) is 0 Å². The zero-order valence-corrected chi connectivity index (χ0v) is 12.9. The normalized spacial score (nSPS) is 17.6. The Balaban J connectivity index is 2.04. The van der Waals surface area contributed by atoms with Crippen molar-refractivity contribution in [1.29, 1.82) is 0 Å². The van der Waals surface area contributed by atoms with Crippen molar-refractivity contribution in [2.45, 2.75) is 43.5 Å². The fourth-order valence-corrected chi connectivity index (χ4v) is 3.12. The number of methoxy groups -OCH3 is 1. The topological polar surface area (TPSA) is 71.8 Å². The Kier molecular flexibility index (Phi) is 4.85. The summed E-state index contributed by atoms with van der Waals surface area (Å²) in [6.45, 7) is 2.70. The molecule has 1 unspecified atom stereocenters. The predicted molar refractivity (Wildman–Crippen MR) is 74.9 cm³/mol. The van der Waals surface area contributed by atoms with Crippen LogP contribution in [0.25, 0.3) is 0 Å². The van der Waals surface area contributed by atoms with Crippen molar-refractivity contribution >= 4 is 10.0 Å². The number of sulfonamides is 1. The van der Waals surface area contributed by atoms with Gasteiger partial charge in [0.1, 0.15) is 5.76 Å². The summed E-state index contributed by atoms with van der Waals surface area (Å²) in [6.07, 6.45) is 2.37. The summed E-state index contributed by atoms with van der Waals surface area (Å²) >= 11 is 0. The lowest BCUT2D eigenvalue weighted by Crippen LogP contribution is -2.37. The predicted octanol–water partition coefficient (Wildman–Crippen LogP) is 1.19. The van der Waals surface area contributed by atoms with Gasteiger partial charge in [0.25, 0.3) is 10.0 Å². The van der Waals surface area contributed by atoms with Crippen LogP contribution < -0.4 is 5.32 Å². The van der Waals surface area contributed by atoms with E-state index in [0.717, 1.165) is 0 Å². The average molecular weight is 302 g/mol. The van der Waals surface area contributed by atoms with Crippen molar-refractivity contribution < 1.29 is 17.6 Å². The first-order valence-electron chi connectivity index (χ1n) is 6.74. The Morgan fingerprint density at radius 1 is 1.50 bits per heavy atom. The van der Waals surface area contributed by atoms with Gasteiger partial charge in [-0.15, -0.1) is 0 Å². The number of ether oxygens (including phenoxy) is 1. The van der Waals surface area contributed by atoms with Gasteiger partial charge in [0.15, 0.2) is 0 Å². The van der Waals surface area contributed by atoms with Gasteiger partial charge < -0.3 is 14.5 Å². The summed E-state index contributed by atoms with van der Waals surface area (Å²) in [5.41, 5.74) is 0. The van der Waals surface area contributed by atoms with Gasteiger partial charge in [-0.3, -0.25) is 0 Å². The molecule has 0 amide bonds. The Labute approximate surface area is 120 Å². The van der Waals surface area contributed by atoms with Gasteiger partial charge in [-0.25, -0.2) is 8.42 Å². The van der Waals surface area contributed by atoms with E-state index in [2.05, 4.69) is 5.32 Å². The van der Waals surface area contributed by atoms with E-state index in [1.807, 2.05) is 0 Å². The molecule has 0 spiro atoms. The van der Waals surface area contributed by atoms with Crippen LogP contribution in [-0.2, 0) is 21.3 Å². The van der Waals surface area contributed by atoms with E-state index >= 15 is 0 Å². The van der Waals surface area contributed by atoms with E-state index in [4.69, 9.17) is 9.15 Å². The minimum atomic E-state index is -3.60. The van der Waals surface area contributed by atoms with Gasteiger partial charge in [0, 0.05) is 26.2 Å². The highest BCUT2D eigenvalue weighted by Crippen LogP contribution is 2.22. The highest BCUT2D eigenvalue weighted by molar-refractivity contribution is 7.89. The largest absolute Gasteiger partial charge is 0.447 e. The maximum absolute atomic E-state index is 12.4. The standard InChI is InChI=1S/C13H22N2O4S/c1-10(9-18-3)15(2)20(16,17)13-7-6-12(19-13)8-14-11-4-5-11/h6-7,10-11,14H,4-5,8-9H2,1-3H3. The SMILES string of the molecule is COCC(C)N(C)S(=O)(=O)c1ccc(CNC2CC2)o1. The van der Waals surface area contributed by atoms with Crippen LogP contribution in [0.1, 0.15) is 25.5 Å². The summed E-state index contributed by atoms with van der Waals surface area (Å²) in [7, 11) is -0.525. The molecular formula is C13H22N2O4S. The monoisotopic (exact) mass is 302 g/mol. The van der Waals surface area contributed by atoms with Gasteiger partial charge in [-0.2, -0.15) is 4.31 Å². The highest BCUT2D eigenvalue weighted by Gasteiger charge is 2.28. The highest BCUT2D eigenvalue weighted by atomic mass is 32.2. The fraction of sp³-hybridized carbons (Fsp3) is 0.692. The minimum absolute atomic E-state index is 0.0180. The van der Waals surface area contributed by atoms with E-state index in [1.165, 1.54) is 30.3 Å². The second-order valence-electron chi connectivity index (χ2n) is 5.20. The molecule has 0 aromatic carbocycles. The number of nitrogens with one attached hydrogen (secondary N) is 1. The molecule has 0 bridgehead atoms. The van der Waals surface area contributed by atoms with Crippen LogP contribution in [0, 0.1) is 0 Å². The molecule has 1 atom stereocenters. The van der Waals surface area contributed by atoms with E-state index < -0.39 is 10.0 Å². The molecule has 1 aromatic heterocycles. The summed E-state index contributed by atoms with van der Waals surface area (Å²) in [5, 5.41) is 3.27. The third-order valence-corrected chi connectivity index (χ3v) is 5.29. The van der Waals surface area contributed by atoms with E-state index in [9.17, 15) is 8.42 Å². The Morgan fingerprint density at radius 3 is 2.80 bits per heavy atom. The first kappa shape index (κ1) is 15.5. The zero-order chi connectivity index (χ0) is 14.8. The molecule has 20 heavy (non-hydrogen) atoms. The maximum atomic E-state index is 12.4. The molecule has 0 radical (unpaired) electrons. The van der Waals surface area contributed by atoms with Crippen LogP contribution in [0.15, 0.2) is 21.6 Å². The Bertz CT molecular complexity index is 536. The summed E-state index contributed by atoms with van der Waals surface area (Å²) < 4.78 is 36.4. The molecular weight excluding hydrogens is 280 g/mol. The number of hydrogen-bond acceptors (Lipinski definition) is 5. The molecule has 7 heteroatoms. The van der Waals surface area contributed by atoms with Crippen LogP contribution in [0.3, 0.4) is 0 Å². The summed E-state index contributed by atoms with van der Waals surface area (Å²) in [6, 6.07) is 3.53. The van der Waals surface area contributed by atoms with Gasteiger partial charge in [0.2, 0.25) is 5.09 Å². The average Bonchev–Trinajstić information content (AvgIpc) is 3.11. The molecule has 0 saturated heterocycles. The van der Waals surface area contributed by atoms with Gasteiger partial charge in [0.05, 0.1) is 13.2 Å². The molecule has 1 N–H and O–H groups in total. The number of hydrogen-bond donors (Lipinski definition) is 1. The van der Waals surface area contributed by atoms with Crippen molar-refractivity contribution in [3.05, 3.63) is 17.9 Å². The quantitative estimate of drug-likeness (QED) is 0.781. The minimum Gasteiger partial charge on any atom is -0.447 e. The second-order valence-corrected chi connectivity index (χ2v) is 7.13. The lowest BCUT2D eigenvalue weighted by atomic mass is 10.4. The smallest absolute Gasteiger partial charge is 0.276 e. The fourth-order valence-electron chi connectivity index (χ4n) is 1.85. The number of nitrogens with zero attached hydrogens (tertiary/aromatic N) is 1. The van der Waals surface area contributed by atoms with E-state index in [-0.39, 0.29) is 11.1 Å². The molecule has 0 aliphatic heterocycles. The van der Waals surface area contributed by atoms with Gasteiger partial charge in [-0.05, 0) is 31.9 Å². The van der Waals surface area contributed by atoms with Crippen molar-refractivity contribution in [2.24, 2.45) is 0 Å². The third kappa shape index (κ3) is 3.60.